The van der Waals surface area contributed by atoms with Gasteiger partial charge in [0.15, 0.2) is 18.2 Å². The Morgan fingerprint density at radius 1 is 0.783 bits per heavy atom. The number of Topliss-reactive ketones (excluding diaryl/α,β-unsaturated/α-hetero) is 2. The van der Waals surface area contributed by atoms with Crippen LogP contribution in [0.3, 0.4) is 0 Å². The minimum atomic E-state index is -0.413. The van der Waals surface area contributed by atoms with Crippen molar-refractivity contribution in [3.05, 3.63) is 118 Å². The third-order valence-corrected chi connectivity index (χ3v) is 9.41. The minimum Gasteiger partial charge on any atom is -0.484 e. The third kappa shape index (κ3) is 6.72. The molecule has 46 heavy (non-hydrogen) atoms. The fraction of sp³-hybridized carbons (Fsp3) is 0.375. The number of benzene rings is 3. The molecule has 1 amide bonds. The molecule has 0 saturated carbocycles. The first-order chi connectivity index (χ1) is 21.9. The van der Waals surface area contributed by atoms with Crippen LogP contribution in [0.4, 0.5) is 5.69 Å². The second-order valence-corrected chi connectivity index (χ2v) is 14.7. The average Bonchev–Trinajstić information content (AvgIpc) is 2.99. The third-order valence-electron chi connectivity index (χ3n) is 9.41. The predicted octanol–water partition coefficient (Wildman–Crippen LogP) is 7.94. The largest absolute Gasteiger partial charge is 0.484 e. The number of nitrogens with one attached hydrogen (secondary N) is 1. The lowest BCUT2D eigenvalue weighted by molar-refractivity contribution is -0.120. The normalized spacial score (nSPS) is 19.1. The highest BCUT2D eigenvalue weighted by atomic mass is 16.5. The van der Waals surface area contributed by atoms with Gasteiger partial charge in [0, 0.05) is 53.5 Å². The highest BCUT2D eigenvalue weighted by molar-refractivity contribution is 6.06. The van der Waals surface area contributed by atoms with Crippen LogP contribution in [0.25, 0.3) is 0 Å². The van der Waals surface area contributed by atoms with E-state index in [1.165, 1.54) is 5.56 Å². The number of ether oxygens (including phenoxy) is 1. The van der Waals surface area contributed by atoms with Gasteiger partial charge >= 0.3 is 0 Å². The molecule has 3 aliphatic rings. The van der Waals surface area contributed by atoms with Crippen molar-refractivity contribution in [2.24, 2.45) is 10.8 Å². The second kappa shape index (κ2) is 12.4. The number of hydrogen-bond acceptors (Lipinski definition) is 5. The van der Waals surface area contributed by atoms with E-state index in [0.29, 0.717) is 18.6 Å². The van der Waals surface area contributed by atoms with Crippen LogP contribution in [0.2, 0.25) is 0 Å². The van der Waals surface area contributed by atoms with Crippen LogP contribution in [0.1, 0.15) is 76.0 Å². The minimum absolute atomic E-state index is 0.123. The monoisotopic (exact) mass is 616 g/mol. The summed E-state index contributed by atoms with van der Waals surface area (Å²) in [5, 5.41) is 2.86. The summed E-state index contributed by atoms with van der Waals surface area (Å²) in [6.45, 7) is 11.3. The molecule has 238 valence electrons. The van der Waals surface area contributed by atoms with Crippen molar-refractivity contribution >= 4 is 23.2 Å². The van der Waals surface area contributed by atoms with Crippen molar-refractivity contribution in [3.63, 3.8) is 0 Å². The molecule has 3 aromatic carbocycles. The summed E-state index contributed by atoms with van der Waals surface area (Å²) in [7, 11) is 0. The highest BCUT2D eigenvalue weighted by Crippen LogP contribution is 2.54. The van der Waals surface area contributed by atoms with Crippen molar-refractivity contribution in [2.45, 2.75) is 72.6 Å². The van der Waals surface area contributed by atoms with Gasteiger partial charge in [-0.1, -0.05) is 87.9 Å². The second-order valence-electron chi connectivity index (χ2n) is 14.7. The molecule has 1 N–H and O–H groups in total. The fourth-order valence-corrected chi connectivity index (χ4v) is 7.28. The van der Waals surface area contributed by atoms with E-state index in [1.54, 1.807) is 0 Å². The van der Waals surface area contributed by atoms with Crippen LogP contribution < -0.4 is 10.1 Å². The smallest absolute Gasteiger partial charge is 0.262 e. The van der Waals surface area contributed by atoms with Crippen molar-refractivity contribution in [1.29, 1.82) is 0 Å². The first-order valence-corrected chi connectivity index (χ1v) is 16.3. The number of carbonyl (C=O) groups excluding carboxylic acids is 3. The zero-order chi connectivity index (χ0) is 32.6. The maximum Gasteiger partial charge on any atom is 0.262 e. The lowest BCUT2D eigenvalue weighted by Gasteiger charge is -2.49. The molecule has 0 radical (unpaired) electrons. The molecule has 0 unspecified atom stereocenters. The molecule has 6 rings (SSSR count). The van der Waals surface area contributed by atoms with E-state index in [2.05, 4.69) is 62.2 Å². The van der Waals surface area contributed by atoms with Crippen molar-refractivity contribution < 1.29 is 19.1 Å². The SMILES string of the molecule is Cc1ccc(NC(=O)COc2ccc(C3C4=C(CC(C)(C)CC4=O)N(CCc4ccccc4)C4=C3C(=O)CC(C)(C)C4)cc2)cc1. The Morgan fingerprint density at radius 2 is 1.35 bits per heavy atom. The van der Waals surface area contributed by atoms with Crippen molar-refractivity contribution in [1.82, 2.24) is 4.90 Å². The maximum atomic E-state index is 14.1. The van der Waals surface area contributed by atoms with E-state index in [4.69, 9.17) is 4.74 Å². The van der Waals surface area contributed by atoms with Gasteiger partial charge in [0.1, 0.15) is 5.75 Å². The van der Waals surface area contributed by atoms with E-state index in [-0.39, 0.29) is 34.9 Å². The number of hydrogen-bond donors (Lipinski definition) is 1. The number of rotatable bonds is 8. The Labute approximate surface area is 272 Å². The molecule has 6 nitrogen and oxygen atoms in total. The van der Waals surface area contributed by atoms with Gasteiger partial charge in [0.25, 0.3) is 5.91 Å². The Balaban J connectivity index is 1.32. The topological polar surface area (TPSA) is 75.7 Å². The van der Waals surface area contributed by atoms with Gasteiger partial charge in [0.2, 0.25) is 0 Å². The predicted molar refractivity (Wildman–Crippen MR) is 181 cm³/mol. The van der Waals surface area contributed by atoms with Gasteiger partial charge in [-0.25, -0.2) is 0 Å². The first-order valence-electron chi connectivity index (χ1n) is 16.3. The fourth-order valence-electron chi connectivity index (χ4n) is 7.28. The van der Waals surface area contributed by atoms with Gasteiger partial charge in [-0.05, 0) is 72.4 Å². The molecule has 6 heteroatoms. The number of allylic oxidation sites excluding steroid dienone is 4. The summed E-state index contributed by atoms with van der Waals surface area (Å²) < 4.78 is 5.83. The number of nitrogens with zero attached hydrogens (tertiary/aromatic N) is 1. The lowest BCUT2D eigenvalue weighted by atomic mass is 9.63. The number of amides is 1. The zero-order valence-corrected chi connectivity index (χ0v) is 27.6. The molecule has 1 aliphatic heterocycles. The van der Waals surface area contributed by atoms with Crippen molar-refractivity contribution in [2.75, 3.05) is 18.5 Å². The summed E-state index contributed by atoms with van der Waals surface area (Å²) in [5.41, 5.74) is 7.31. The summed E-state index contributed by atoms with van der Waals surface area (Å²) >= 11 is 0. The number of carbonyl (C=O) groups is 3. The lowest BCUT2D eigenvalue weighted by Crippen LogP contribution is -2.45. The Morgan fingerprint density at radius 3 is 1.91 bits per heavy atom. The standard InChI is InChI=1S/C40H44N2O4/c1-26-11-15-29(16-12-26)41-35(45)25-46-30-17-13-28(14-18-30)36-37-31(21-39(2,3)23-33(37)43)42(20-19-27-9-7-6-8-10-27)32-22-40(4,5)24-34(44)38(32)36/h6-18,36H,19-25H2,1-5H3,(H,41,45). The Kier molecular flexibility index (Phi) is 8.49. The number of aryl methyl sites for hydroxylation is 1. The molecule has 2 aliphatic carbocycles. The first kappa shape index (κ1) is 31.5. The summed E-state index contributed by atoms with van der Waals surface area (Å²) in [4.78, 5) is 43.0. The van der Waals surface area contributed by atoms with Crippen molar-refractivity contribution in [3.8, 4) is 5.75 Å². The Hall–Kier alpha value is -4.45. The van der Waals surface area contributed by atoms with Crippen LogP contribution in [-0.2, 0) is 20.8 Å². The molecular formula is C40H44N2O4. The summed E-state index contributed by atoms with van der Waals surface area (Å²) in [5.74, 6) is 0.144. The van der Waals surface area contributed by atoms with E-state index in [9.17, 15) is 14.4 Å². The Bertz CT molecular complexity index is 1660. The van der Waals surface area contributed by atoms with Crippen LogP contribution in [0.15, 0.2) is 101 Å². The molecule has 0 saturated heterocycles. The van der Waals surface area contributed by atoms with E-state index < -0.39 is 5.92 Å². The number of anilines is 1. The van der Waals surface area contributed by atoms with Crippen LogP contribution in [0, 0.1) is 17.8 Å². The summed E-state index contributed by atoms with van der Waals surface area (Å²) in [6.07, 6.45) is 3.29. The molecule has 0 fully saturated rings. The van der Waals surface area contributed by atoms with Gasteiger partial charge < -0.3 is 15.0 Å². The van der Waals surface area contributed by atoms with E-state index >= 15 is 0 Å². The van der Waals surface area contributed by atoms with Gasteiger partial charge in [0.05, 0.1) is 0 Å². The summed E-state index contributed by atoms with van der Waals surface area (Å²) in [6, 6.07) is 25.6. The van der Waals surface area contributed by atoms with Gasteiger partial charge in [-0.15, -0.1) is 0 Å². The van der Waals surface area contributed by atoms with Crippen LogP contribution >= 0.6 is 0 Å². The molecule has 0 bridgehead atoms. The zero-order valence-electron chi connectivity index (χ0n) is 27.6. The van der Waals surface area contributed by atoms with Gasteiger partial charge in [-0.2, -0.15) is 0 Å². The molecule has 0 spiro atoms. The van der Waals surface area contributed by atoms with Crippen LogP contribution in [-0.4, -0.2) is 35.5 Å². The van der Waals surface area contributed by atoms with E-state index in [0.717, 1.165) is 65.2 Å². The molecule has 0 aromatic heterocycles. The molecule has 0 atom stereocenters. The molecular weight excluding hydrogens is 572 g/mol. The van der Waals surface area contributed by atoms with Crippen LogP contribution in [0.5, 0.6) is 5.75 Å². The van der Waals surface area contributed by atoms with E-state index in [1.807, 2.05) is 61.5 Å². The van der Waals surface area contributed by atoms with Gasteiger partial charge in [-0.3, -0.25) is 14.4 Å². The maximum absolute atomic E-state index is 14.1. The quantitative estimate of drug-likeness (QED) is 0.278. The average molecular weight is 617 g/mol. The molecule has 3 aromatic rings. The highest BCUT2D eigenvalue weighted by Gasteiger charge is 2.48. The number of ketones is 2. The molecule has 1 heterocycles.